The third-order valence-corrected chi connectivity index (χ3v) is 6.87. The lowest BCUT2D eigenvalue weighted by atomic mass is 10.1. The van der Waals surface area contributed by atoms with Crippen molar-refractivity contribution in [3.05, 3.63) is 48.6 Å². The van der Waals surface area contributed by atoms with Crippen LogP contribution in [0.2, 0.25) is 0 Å². The van der Waals surface area contributed by atoms with Gasteiger partial charge in [0, 0.05) is 13.0 Å². The maximum absolute atomic E-state index is 12.1. The van der Waals surface area contributed by atoms with Crippen molar-refractivity contribution in [2.75, 3.05) is 19.8 Å². The molecule has 4 nitrogen and oxygen atoms in total. The molecule has 0 aliphatic rings. The maximum atomic E-state index is 12.1. The van der Waals surface area contributed by atoms with Crippen molar-refractivity contribution in [3.8, 4) is 0 Å². The number of ether oxygens (including phenoxy) is 2. The Morgan fingerprint density at radius 1 is 0.625 bits per heavy atom. The van der Waals surface area contributed by atoms with E-state index >= 15 is 0 Å². The normalized spacial score (nSPS) is 13.0. The number of aliphatic hydroxyl groups excluding tert-OH is 1. The number of carbonyl (C=O) groups excluding carboxylic acids is 1. The van der Waals surface area contributed by atoms with Crippen LogP contribution in [0.25, 0.3) is 0 Å². The summed E-state index contributed by atoms with van der Waals surface area (Å²) in [6, 6.07) is 0. The lowest BCUT2D eigenvalue weighted by molar-refractivity contribution is -0.154. The second-order valence-electron chi connectivity index (χ2n) is 10.8. The molecule has 0 rings (SSSR count). The number of unbranched alkanes of at least 4 members (excludes halogenated alkanes) is 14. The molecule has 0 spiro atoms. The van der Waals surface area contributed by atoms with Gasteiger partial charge in [0.05, 0.1) is 13.2 Å². The molecule has 1 atom stereocenters. The highest BCUT2D eigenvalue weighted by atomic mass is 16.6. The first kappa shape index (κ1) is 38.4. The monoisotopic (exact) mass is 560 g/mol. The molecule has 0 saturated carbocycles. The first-order chi connectivity index (χ1) is 19.7. The van der Waals surface area contributed by atoms with E-state index in [1.165, 1.54) is 89.9 Å². The lowest BCUT2D eigenvalue weighted by Crippen LogP contribution is -2.27. The average molecular weight is 561 g/mol. The minimum absolute atomic E-state index is 0.180. The second kappa shape index (κ2) is 33.6. The molecule has 0 aromatic heterocycles. The summed E-state index contributed by atoms with van der Waals surface area (Å²) in [6.45, 7) is 5.15. The summed E-state index contributed by atoms with van der Waals surface area (Å²) < 4.78 is 11.1. The van der Waals surface area contributed by atoms with Gasteiger partial charge < -0.3 is 14.6 Å². The summed E-state index contributed by atoms with van der Waals surface area (Å²) in [6.07, 6.45) is 41.4. The molecule has 0 heterocycles. The Bertz CT molecular complexity index is 635. The Morgan fingerprint density at radius 3 is 1.73 bits per heavy atom. The van der Waals surface area contributed by atoms with E-state index < -0.39 is 6.10 Å². The Morgan fingerprint density at radius 2 is 1.12 bits per heavy atom. The van der Waals surface area contributed by atoms with E-state index in [9.17, 15) is 9.90 Å². The average Bonchev–Trinajstić information content (AvgIpc) is 2.96. The number of allylic oxidation sites excluding steroid dienone is 8. The van der Waals surface area contributed by atoms with Crippen molar-refractivity contribution in [2.45, 2.75) is 155 Å². The predicted molar refractivity (Wildman–Crippen MR) is 173 cm³/mol. The molecule has 0 bridgehead atoms. The van der Waals surface area contributed by atoms with Crippen molar-refractivity contribution in [1.82, 2.24) is 0 Å². The molecular weight excluding hydrogens is 496 g/mol. The minimum atomic E-state index is -0.540. The van der Waals surface area contributed by atoms with Gasteiger partial charge in [0.15, 0.2) is 0 Å². The number of esters is 1. The number of aliphatic hydroxyl groups is 1. The van der Waals surface area contributed by atoms with E-state index in [2.05, 4.69) is 62.5 Å². The summed E-state index contributed by atoms with van der Waals surface area (Å²) >= 11 is 0. The molecule has 0 aromatic rings. The maximum Gasteiger partial charge on any atom is 0.306 e. The van der Waals surface area contributed by atoms with Crippen LogP contribution < -0.4 is 0 Å². The fraction of sp³-hybridized carbons (Fsp3) is 0.750. The molecule has 1 N–H and O–H groups in total. The molecule has 0 fully saturated rings. The summed E-state index contributed by atoms with van der Waals surface area (Å²) in [5.41, 5.74) is 0. The van der Waals surface area contributed by atoms with Gasteiger partial charge in [-0.3, -0.25) is 4.79 Å². The van der Waals surface area contributed by atoms with Crippen molar-refractivity contribution in [2.24, 2.45) is 0 Å². The molecular formula is C36H64O4. The number of hydrogen-bond donors (Lipinski definition) is 1. The smallest absolute Gasteiger partial charge is 0.306 e. The first-order valence-corrected chi connectivity index (χ1v) is 16.7. The standard InChI is InChI=1S/C36H64O4/c1-3-5-7-9-11-13-15-16-17-18-19-20-21-23-25-27-29-31-36(38)40-35(33-37)34-39-32-30-28-26-24-22-14-12-10-8-6-4-2/h5,7-8,10-11,13,16-17,35,37H,3-4,6,9,12,14-15,18-34H2,1-2H3/b7-5-,10-8-,13-11-,17-16-. The van der Waals surface area contributed by atoms with Crippen molar-refractivity contribution >= 4 is 5.97 Å². The topological polar surface area (TPSA) is 55.8 Å². The molecule has 0 amide bonds. The highest BCUT2D eigenvalue weighted by Gasteiger charge is 2.13. The highest BCUT2D eigenvalue weighted by Crippen LogP contribution is 2.12. The lowest BCUT2D eigenvalue weighted by Gasteiger charge is -2.15. The first-order valence-electron chi connectivity index (χ1n) is 16.7. The van der Waals surface area contributed by atoms with Crippen LogP contribution >= 0.6 is 0 Å². The van der Waals surface area contributed by atoms with Gasteiger partial charge in [-0.1, -0.05) is 127 Å². The summed E-state index contributed by atoms with van der Waals surface area (Å²) in [5.74, 6) is -0.216. The molecule has 0 radical (unpaired) electrons. The summed E-state index contributed by atoms with van der Waals surface area (Å²) in [4.78, 5) is 12.1. The van der Waals surface area contributed by atoms with Gasteiger partial charge >= 0.3 is 5.97 Å². The largest absolute Gasteiger partial charge is 0.457 e. The van der Waals surface area contributed by atoms with E-state index in [0.717, 1.165) is 38.5 Å². The van der Waals surface area contributed by atoms with Gasteiger partial charge in [0.1, 0.15) is 6.10 Å². The van der Waals surface area contributed by atoms with Gasteiger partial charge in [-0.15, -0.1) is 0 Å². The quantitative estimate of drug-likeness (QED) is 0.0539. The van der Waals surface area contributed by atoms with Gasteiger partial charge in [-0.2, -0.15) is 0 Å². The molecule has 0 aliphatic carbocycles. The van der Waals surface area contributed by atoms with Crippen LogP contribution in [-0.4, -0.2) is 37.0 Å². The second-order valence-corrected chi connectivity index (χ2v) is 10.8. The molecule has 0 aromatic carbocycles. The van der Waals surface area contributed by atoms with Crippen LogP contribution in [-0.2, 0) is 14.3 Å². The van der Waals surface area contributed by atoms with Crippen LogP contribution in [0.4, 0.5) is 0 Å². The molecule has 1 unspecified atom stereocenters. The molecule has 0 aliphatic heterocycles. The number of rotatable bonds is 30. The van der Waals surface area contributed by atoms with Gasteiger partial charge in [0.25, 0.3) is 0 Å². The Balaban J connectivity index is 3.49. The van der Waals surface area contributed by atoms with Gasteiger partial charge in [-0.25, -0.2) is 0 Å². The molecule has 40 heavy (non-hydrogen) atoms. The van der Waals surface area contributed by atoms with E-state index in [1.807, 2.05) is 0 Å². The van der Waals surface area contributed by atoms with Crippen LogP contribution in [0.3, 0.4) is 0 Å². The molecule has 0 saturated heterocycles. The van der Waals surface area contributed by atoms with E-state index in [4.69, 9.17) is 9.47 Å². The van der Waals surface area contributed by atoms with Crippen LogP contribution in [0, 0.1) is 0 Å². The Kier molecular flexibility index (Phi) is 32.2. The fourth-order valence-electron chi connectivity index (χ4n) is 4.40. The van der Waals surface area contributed by atoms with E-state index in [0.29, 0.717) is 13.0 Å². The molecule has 232 valence electrons. The van der Waals surface area contributed by atoms with E-state index in [-0.39, 0.29) is 19.2 Å². The number of hydrogen-bond acceptors (Lipinski definition) is 4. The number of carbonyl (C=O) groups is 1. The van der Waals surface area contributed by atoms with Crippen molar-refractivity contribution in [1.29, 1.82) is 0 Å². The Labute approximate surface area is 248 Å². The fourth-order valence-corrected chi connectivity index (χ4v) is 4.40. The zero-order valence-corrected chi connectivity index (χ0v) is 26.3. The van der Waals surface area contributed by atoms with Gasteiger partial charge in [0.2, 0.25) is 0 Å². The zero-order chi connectivity index (χ0) is 29.2. The van der Waals surface area contributed by atoms with Crippen LogP contribution in [0.1, 0.15) is 149 Å². The summed E-state index contributed by atoms with van der Waals surface area (Å²) in [5, 5.41) is 9.52. The SMILES string of the molecule is CC/C=C\C/C=C\C/C=C\CCCCCCCCCC(=O)OC(CO)COCCCCCCCC/C=C\CCC. The third-order valence-electron chi connectivity index (χ3n) is 6.87. The highest BCUT2D eigenvalue weighted by molar-refractivity contribution is 5.69. The van der Waals surface area contributed by atoms with E-state index in [1.54, 1.807) is 0 Å². The van der Waals surface area contributed by atoms with Crippen LogP contribution in [0.15, 0.2) is 48.6 Å². The van der Waals surface area contributed by atoms with Crippen molar-refractivity contribution in [3.63, 3.8) is 0 Å². The van der Waals surface area contributed by atoms with Crippen molar-refractivity contribution < 1.29 is 19.4 Å². The minimum Gasteiger partial charge on any atom is -0.457 e. The molecule has 4 heteroatoms. The predicted octanol–water partition coefficient (Wildman–Crippen LogP) is 10.4. The van der Waals surface area contributed by atoms with Gasteiger partial charge in [-0.05, 0) is 64.2 Å². The zero-order valence-electron chi connectivity index (χ0n) is 26.3. The van der Waals surface area contributed by atoms with Crippen LogP contribution in [0.5, 0.6) is 0 Å². The third kappa shape index (κ3) is 30.9. The Hall–Kier alpha value is -1.65. The summed E-state index contributed by atoms with van der Waals surface area (Å²) in [7, 11) is 0.